The van der Waals surface area contributed by atoms with E-state index in [-0.39, 0.29) is 46.4 Å². The lowest BCUT2D eigenvalue weighted by molar-refractivity contribution is 0.107. The number of ether oxygens (including phenoxy) is 1. The van der Waals surface area contributed by atoms with Crippen molar-refractivity contribution < 1.29 is 22.3 Å². The molecule has 7 rings (SSSR count). The molecule has 4 aromatic rings. The number of alkyl halides is 3. The predicted octanol–water partition coefficient (Wildman–Crippen LogP) is 5.68. The highest BCUT2D eigenvalue weighted by atomic mass is 19.3. The molecule has 0 amide bonds. The maximum Gasteiger partial charge on any atom is 0.319 e. The molecular weight excluding hydrogens is 548 g/mol. The number of rotatable bonds is 7. The van der Waals surface area contributed by atoms with E-state index in [0.29, 0.717) is 29.6 Å². The molecule has 42 heavy (non-hydrogen) atoms. The first-order valence-corrected chi connectivity index (χ1v) is 14.5. The summed E-state index contributed by atoms with van der Waals surface area (Å²) in [5.41, 5.74) is -0.415. The van der Waals surface area contributed by atoms with E-state index in [1.165, 1.54) is 12.3 Å². The minimum absolute atomic E-state index is 0.0000877. The van der Waals surface area contributed by atoms with Crippen molar-refractivity contribution in [3.05, 3.63) is 54.0 Å². The molecule has 2 aromatic carbocycles. The molecule has 220 valence electrons. The Kier molecular flexibility index (Phi) is 6.89. The molecular formula is C31H32F4N6O. The Labute approximate surface area is 240 Å². The van der Waals surface area contributed by atoms with Gasteiger partial charge >= 0.3 is 6.01 Å². The SMILES string of the molecule is CN(c1nc(OC[C@@]23CCCN2C[C@H](F)C3)nc2c(F)c(-c3cccc4cccc(C(F)F)c34)ncc12)[C@@H]1CCNC1. The molecule has 0 aliphatic carbocycles. The fourth-order valence-electron chi connectivity index (χ4n) is 7.08. The van der Waals surface area contributed by atoms with Crippen molar-refractivity contribution in [1.82, 2.24) is 25.2 Å². The fourth-order valence-corrected chi connectivity index (χ4v) is 7.08. The van der Waals surface area contributed by atoms with Crippen LogP contribution in [0.5, 0.6) is 6.01 Å². The molecule has 1 N–H and O–H groups in total. The van der Waals surface area contributed by atoms with E-state index in [1.54, 1.807) is 30.3 Å². The highest BCUT2D eigenvalue weighted by Crippen LogP contribution is 2.41. The standard InChI is InChI=1S/C31H32F4N6O/c1-40(20-9-11-36-14-20)29-23-15-37-26(21-7-2-5-18-6-3-8-22(24(18)21)28(34)35)25(33)27(23)38-30(39-29)42-17-31-10-4-12-41(31)16-19(32)13-31/h2-3,5-8,15,19-20,28,36H,4,9-14,16-17H2,1H3/t19-,20-,31+/m1/s1. The zero-order valence-electron chi connectivity index (χ0n) is 23.3. The third-order valence-corrected chi connectivity index (χ3v) is 9.22. The summed E-state index contributed by atoms with van der Waals surface area (Å²) in [5, 5.41) is 4.56. The maximum absolute atomic E-state index is 16.5. The van der Waals surface area contributed by atoms with Gasteiger partial charge in [0.25, 0.3) is 6.43 Å². The van der Waals surface area contributed by atoms with Crippen LogP contribution in [0.4, 0.5) is 23.4 Å². The van der Waals surface area contributed by atoms with Crippen LogP contribution in [-0.4, -0.2) is 77.4 Å². The summed E-state index contributed by atoms with van der Waals surface area (Å²) in [5.74, 6) is -0.260. The number of aromatic nitrogens is 3. The molecule has 3 saturated heterocycles. The number of anilines is 1. The van der Waals surface area contributed by atoms with Gasteiger partial charge in [0.1, 0.15) is 29.8 Å². The van der Waals surface area contributed by atoms with E-state index in [1.807, 2.05) is 11.9 Å². The largest absolute Gasteiger partial charge is 0.461 e. The number of pyridine rings is 1. The molecule has 2 aromatic heterocycles. The molecule has 3 aliphatic rings. The monoisotopic (exact) mass is 580 g/mol. The second-order valence-electron chi connectivity index (χ2n) is 11.7. The van der Waals surface area contributed by atoms with Crippen molar-refractivity contribution in [3.8, 4) is 17.3 Å². The van der Waals surface area contributed by atoms with Crippen LogP contribution in [-0.2, 0) is 0 Å². The van der Waals surface area contributed by atoms with Crippen LogP contribution in [0, 0.1) is 5.82 Å². The van der Waals surface area contributed by atoms with Crippen molar-refractivity contribution >= 4 is 27.5 Å². The second kappa shape index (κ2) is 10.6. The first kappa shape index (κ1) is 27.3. The van der Waals surface area contributed by atoms with Gasteiger partial charge in [-0.25, -0.2) is 17.6 Å². The molecule has 0 spiro atoms. The van der Waals surface area contributed by atoms with Crippen molar-refractivity contribution in [2.45, 2.75) is 49.9 Å². The summed E-state index contributed by atoms with van der Waals surface area (Å²) in [6.07, 6.45) is 0.913. The van der Waals surface area contributed by atoms with Crippen molar-refractivity contribution in [2.24, 2.45) is 0 Å². The molecule has 5 heterocycles. The predicted molar refractivity (Wildman–Crippen MR) is 153 cm³/mol. The van der Waals surface area contributed by atoms with Gasteiger partial charge in [-0.1, -0.05) is 36.4 Å². The van der Waals surface area contributed by atoms with Crippen LogP contribution in [0.25, 0.3) is 32.9 Å². The fraction of sp³-hybridized carbons (Fsp3) is 0.452. The topological polar surface area (TPSA) is 66.4 Å². The lowest BCUT2D eigenvalue weighted by Gasteiger charge is -2.31. The van der Waals surface area contributed by atoms with Crippen molar-refractivity contribution in [3.63, 3.8) is 0 Å². The number of likely N-dealkylation sites (N-methyl/N-ethyl adjacent to an activating group) is 1. The molecule has 7 nitrogen and oxygen atoms in total. The van der Waals surface area contributed by atoms with E-state index in [0.717, 1.165) is 38.9 Å². The zero-order chi connectivity index (χ0) is 29.0. The minimum atomic E-state index is -2.74. The van der Waals surface area contributed by atoms with Crippen molar-refractivity contribution in [1.29, 1.82) is 0 Å². The number of nitrogens with one attached hydrogen (secondary N) is 1. The highest BCUT2D eigenvalue weighted by molar-refractivity contribution is 6.00. The van der Waals surface area contributed by atoms with Gasteiger partial charge in [0.05, 0.1) is 10.9 Å². The Morgan fingerprint density at radius 3 is 2.81 bits per heavy atom. The highest BCUT2D eigenvalue weighted by Gasteiger charge is 2.49. The van der Waals surface area contributed by atoms with Crippen LogP contribution in [0.1, 0.15) is 37.7 Å². The third-order valence-electron chi connectivity index (χ3n) is 9.22. The number of nitrogens with zero attached hydrogens (tertiary/aromatic N) is 5. The Morgan fingerprint density at radius 2 is 2.02 bits per heavy atom. The quantitative estimate of drug-likeness (QED) is 0.283. The molecule has 11 heteroatoms. The Morgan fingerprint density at radius 1 is 1.19 bits per heavy atom. The van der Waals surface area contributed by atoms with Gasteiger partial charge in [-0.2, -0.15) is 9.97 Å². The smallest absolute Gasteiger partial charge is 0.319 e. The van der Waals surface area contributed by atoms with Crippen LogP contribution >= 0.6 is 0 Å². The van der Waals surface area contributed by atoms with Crippen LogP contribution < -0.4 is 15.0 Å². The normalized spacial score (nSPS) is 24.2. The van der Waals surface area contributed by atoms with Gasteiger partial charge in [0.2, 0.25) is 0 Å². The first-order valence-electron chi connectivity index (χ1n) is 14.5. The van der Waals surface area contributed by atoms with E-state index in [9.17, 15) is 13.2 Å². The Bertz CT molecular complexity index is 1640. The van der Waals surface area contributed by atoms with Gasteiger partial charge in [-0.15, -0.1) is 0 Å². The number of hydrogen-bond donors (Lipinski definition) is 1. The summed E-state index contributed by atoms with van der Waals surface area (Å²) < 4.78 is 65.1. The summed E-state index contributed by atoms with van der Waals surface area (Å²) in [4.78, 5) is 17.8. The lowest BCUT2D eigenvalue weighted by Crippen LogP contribution is -2.43. The minimum Gasteiger partial charge on any atom is -0.461 e. The number of halogens is 4. The van der Waals surface area contributed by atoms with E-state index in [4.69, 9.17) is 9.72 Å². The molecule has 3 aliphatic heterocycles. The molecule has 0 saturated carbocycles. The molecule has 3 atom stereocenters. The Balaban J connectivity index is 1.35. The third kappa shape index (κ3) is 4.53. The van der Waals surface area contributed by atoms with Gasteiger partial charge < -0.3 is 15.0 Å². The van der Waals surface area contributed by atoms with Crippen LogP contribution in [0.2, 0.25) is 0 Å². The summed E-state index contributed by atoms with van der Waals surface area (Å²) in [6, 6.07) is 9.78. The van der Waals surface area contributed by atoms with E-state index in [2.05, 4.69) is 20.2 Å². The van der Waals surface area contributed by atoms with Gasteiger partial charge in [0, 0.05) is 55.3 Å². The molecule has 3 fully saturated rings. The number of hydrogen-bond acceptors (Lipinski definition) is 7. The van der Waals surface area contributed by atoms with Gasteiger partial charge in [-0.3, -0.25) is 9.88 Å². The number of benzene rings is 2. The average molecular weight is 581 g/mol. The Hall–Kier alpha value is -3.57. The van der Waals surface area contributed by atoms with E-state index < -0.39 is 24.0 Å². The summed E-state index contributed by atoms with van der Waals surface area (Å²) >= 11 is 0. The molecule has 0 unspecified atom stereocenters. The summed E-state index contributed by atoms with van der Waals surface area (Å²) in [6.45, 7) is 3.01. The maximum atomic E-state index is 16.5. The van der Waals surface area contributed by atoms with Gasteiger partial charge in [0.15, 0.2) is 5.82 Å². The second-order valence-corrected chi connectivity index (χ2v) is 11.7. The van der Waals surface area contributed by atoms with Crippen molar-refractivity contribution in [2.75, 3.05) is 44.7 Å². The van der Waals surface area contributed by atoms with Gasteiger partial charge in [-0.05, 0) is 37.7 Å². The zero-order valence-corrected chi connectivity index (χ0v) is 23.3. The molecule has 0 bridgehead atoms. The van der Waals surface area contributed by atoms with Crippen LogP contribution in [0.3, 0.4) is 0 Å². The lowest BCUT2D eigenvalue weighted by atomic mass is 9.95. The first-order chi connectivity index (χ1) is 20.3. The number of fused-ring (bicyclic) bond motifs is 3. The molecule has 0 radical (unpaired) electrons. The summed E-state index contributed by atoms with van der Waals surface area (Å²) in [7, 11) is 1.90. The average Bonchev–Trinajstić information content (AvgIpc) is 3.72. The van der Waals surface area contributed by atoms with Crippen LogP contribution in [0.15, 0.2) is 42.6 Å². The van der Waals surface area contributed by atoms with E-state index >= 15 is 4.39 Å².